The molecule has 1 saturated heterocycles. The van der Waals surface area contributed by atoms with Gasteiger partial charge >= 0.3 is 0 Å². The molecule has 43 heavy (non-hydrogen) atoms. The highest BCUT2D eigenvalue weighted by molar-refractivity contribution is 6.30. The molecule has 1 aromatic heterocycles. The Balaban J connectivity index is 0.000000252. The lowest BCUT2D eigenvalue weighted by Gasteiger charge is -2.39. The molecule has 0 amide bonds. The summed E-state index contributed by atoms with van der Waals surface area (Å²) in [5, 5.41) is 20.0. The highest BCUT2D eigenvalue weighted by Crippen LogP contribution is 2.38. The van der Waals surface area contributed by atoms with E-state index < -0.39 is 0 Å². The zero-order valence-electron chi connectivity index (χ0n) is 25.1. The SMILES string of the molecule is C=C1CNCCN1N(C)c1ccccc1.C=O.CCOc1ccc(Cl)cc1-c1nnc(C2CCCC(CNCC=O)C2)o1. The molecule has 2 N–H and O–H groups in total. The van der Waals surface area contributed by atoms with E-state index >= 15 is 0 Å². The summed E-state index contributed by atoms with van der Waals surface area (Å²) in [4.78, 5) is 18.5. The monoisotopic (exact) mass is 610 g/mol. The molecule has 2 atom stereocenters. The van der Waals surface area contributed by atoms with Crippen LogP contribution in [0.25, 0.3) is 11.5 Å². The normalized spacial score (nSPS) is 18.0. The molecule has 11 heteroatoms. The van der Waals surface area contributed by atoms with E-state index in [-0.39, 0.29) is 5.92 Å². The summed E-state index contributed by atoms with van der Waals surface area (Å²) in [5.41, 5.74) is 3.03. The van der Waals surface area contributed by atoms with Gasteiger partial charge in [-0.05, 0) is 69.0 Å². The Labute approximate surface area is 259 Å². The minimum absolute atomic E-state index is 0.253. The molecule has 2 heterocycles. The predicted octanol–water partition coefficient (Wildman–Crippen LogP) is 5.12. The minimum Gasteiger partial charge on any atom is -0.493 e. The molecular formula is C32H43ClN6O4. The van der Waals surface area contributed by atoms with Crippen molar-refractivity contribution in [2.75, 3.05) is 51.4 Å². The smallest absolute Gasteiger partial charge is 0.251 e. The third kappa shape index (κ3) is 9.91. The highest BCUT2D eigenvalue weighted by Gasteiger charge is 2.28. The summed E-state index contributed by atoms with van der Waals surface area (Å²) in [5.74, 6) is 2.57. The first-order chi connectivity index (χ1) is 21.0. The molecule has 2 unspecified atom stereocenters. The topological polar surface area (TPSA) is 113 Å². The number of anilines is 1. The molecule has 1 saturated carbocycles. The van der Waals surface area contributed by atoms with E-state index in [1.54, 1.807) is 12.1 Å². The van der Waals surface area contributed by atoms with Gasteiger partial charge in [-0.2, -0.15) is 0 Å². The van der Waals surface area contributed by atoms with Crippen molar-refractivity contribution in [3.63, 3.8) is 0 Å². The maximum absolute atomic E-state index is 10.5. The third-order valence-corrected chi connectivity index (χ3v) is 7.63. The summed E-state index contributed by atoms with van der Waals surface area (Å²) >= 11 is 6.12. The van der Waals surface area contributed by atoms with Crippen LogP contribution in [0.3, 0.4) is 0 Å². The number of aromatic nitrogens is 2. The van der Waals surface area contributed by atoms with Gasteiger partial charge in [0.05, 0.1) is 30.9 Å². The zero-order valence-corrected chi connectivity index (χ0v) is 25.9. The predicted molar refractivity (Wildman–Crippen MR) is 170 cm³/mol. The average molecular weight is 611 g/mol. The van der Waals surface area contributed by atoms with Crippen molar-refractivity contribution in [1.82, 2.24) is 25.8 Å². The summed E-state index contributed by atoms with van der Waals surface area (Å²) in [6.45, 7) is 12.7. The largest absolute Gasteiger partial charge is 0.493 e. The number of hydrazine groups is 1. The first kappa shape index (κ1) is 33.8. The van der Waals surface area contributed by atoms with E-state index in [4.69, 9.17) is 25.5 Å². The van der Waals surface area contributed by atoms with Crippen LogP contribution in [0.5, 0.6) is 5.75 Å². The zero-order chi connectivity index (χ0) is 31.0. The highest BCUT2D eigenvalue weighted by atomic mass is 35.5. The minimum atomic E-state index is 0.253. The summed E-state index contributed by atoms with van der Waals surface area (Å²) in [6.07, 6.45) is 5.20. The van der Waals surface area contributed by atoms with Crippen molar-refractivity contribution >= 4 is 30.4 Å². The van der Waals surface area contributed by atoms with Crippen molar-refractivity contribution in [2.24, 2.45) is 5.92 Å². The van der Waals surface area contributed by atoms with Crippen molar-refractivity contribution in [1.29, 1.82) is 0 Å². The molecule has 2 fully saturated rings. The van der Waals surface area contributed by atoms with E-state index in [1.807, 2.05) is 25.8 Å². The Morgan fingerprint density at radius 2 is 2.00 bits per heavy atom. The number of carbonyl (C=O) groups is 2. The number of hydrogen-bond acceptors (Lipinski definition) is 10. The number of piperazine rings is 1. The number of ether oxygens (including phenoxy) is 1. The van der Waals surface area contributed by atoms with Crippen LogP contribution in [-0.2, 0) is 9.59 Å². The van der Waals surface area contributed by atoms with E-state index in [1.165, 1.54) is 5.69 Å². The Kier molecular flexibility index (Phi) is 14.2. The van der Waals surface area contributed by atoms with Gasteiger partial charge in [0.25, 0.3) is 5.89 Å². The summed E-state index contributed by atoms with van der Waals surface area (Å²) in [6, 6.07) is 15.7. The van der Waals surface area contributed by atoms with Gasteiger partial charge in [0.15, 0.2) is 0 Å². The second-order valence-corrected chi connectivity index (χ2v) is 10.7. The number of hydrogen-bond donors (Lipinski definition) is 2. The molecule has 0 spiro atoms. The molecule has 1 aliphatic carbocycles. The van der Waals surface area contributed by atoms with E-state index in [9.17, 15) is 4.79 Å². The molecule has 2 aromatic carbocycles. The number of benzene rings is 2. The molecule has 10 nitrogen and oxygen atoms in total. The van der Waals surface area contributed by atoms with Gasteiger partial charge < -0.3 is 29.4 Å². The van der Waals surface area contributed by atoms with Crippen LogP contribution in [0.1, 0.15) is 44.4 Å². The number of rotatable bonds is 10. The fourth-order valence-electron chi connectivity index (χ4n) is 5.32. The Bertz CT molecular complexity index is 1270. The van der Waals surface area contributed by atoms with Crippen LogP contribution in [0.2, 0.25) is 5.02 Å². The molecule has 3 aromatic rings. The number of para-hydroxylation sites is 1. The van der Waals surface area contributed by atoms with Gasteiger partial charge in [-0.1, -0.05) is 42.8 Å². The van der Waals surface area contributed by atoms with E-state index in [2.05, 4.69) is 68.7 Å². The average Bonchev–Trinajstić information content (AvgIpc) is 3.54. The first-order valence-electron chi connectivity index (χ1n) is 14.6. The standard InChI is InChI=1S/C19H24ClN3O3.C12H17N3.CH2O/c1-2-25-17-7-6-15(20)11-16(17)19-23-22-18(26-19)14-5-3-4-13(10-14)12-21-8-9-24;1-11-10-13-8-9-15(11)14(2)12-6-4-3-5-7-12;1-2/h6-7,9,11,13-14,21H,2-5,8,10,12H2,1H3;3-7,13H,1,8-10H2,2H3;1H2. The van der Waals surface area contributed by atoms with Gasteiger partial charge in [-0.3, -0.25) is 10.0 Å². The fourth-order valence-corrected chi connectivity index (χ4v) is 5.49. The van der Waals surface area contributed by atoms with Gasteiger partial charge in [-0.25, -0.2) is 0 Å². The molecule has 232 valence electrons. The van der Waals surface area contributed by atoms with Crippen molar-refractivity contribution < 1.29 is 18.7 Å². The second-order valence-electron chi connectivity index (χ2n) is 10.3. The van der Waals surface area contributed by atoms with Gasteiger partial charge in [-0.15, -0.1) is 10.2 Å². The third-order valence-electron chi connectivity index (χ3n) is 7.39. The van der Waals surface area contributed by atoms with Gasteiger partial charge in [0.2, 0.25) is 5.89 Å². The van der Waals surface area contributed by atoms with E-state index in [0.717, 1.165) is 69.4 Å². The first-order valence-corrected chi connectivity index (χ1v) is 15.0. The van der Waals surface area contributed by atoms with Gasteiger partial charge in [0, 0.05) is 36.8 Å². The van der Waals surface area contributed by atoms with Crippen LogP contribution in [-0.4, -0.2) is 74.7 Å². The van der Waals surface area contributed by atoms with Crippen LogP contribution < -0.4 is 20.4 Å². The van der Waals surface area contributed by atoms with Crippen LogP contribution >= 0.6 is 11.6 Å². The maximum Gasteiger partial charge on any atom is 0.251 e. The second kappa shape index (κ2) is 18.0. The number of aldehydes is 1. The van der Waals surface area contributed by atoms with Crippen LogP contribution in [0, 0.1) is 5.92 Å². The number of carbonyl (C=O) groups excluding carboxylic acids is 2. The Morgan fingerprint density at radius 3 is 2.72 bits per heavy atom. The molecule has 5 rings (SSSR count). The van der Waals surface area contributed by atoms with Gasteiger partial charge in [0.1, 0.15) is 18.8 Å². The Morgan fingerprint density at radius 1 is 1.21 bits per heavy atom. The van der Waals surface area contributed by atoms with Crippen LogP contribution in [0.15, 0.2) is 65.2 Å². The Hall–Kier alpha value is -3.73. The molecule has 1 aliphatic heterocycles. The number of nitrogens with one attached hydrogen (secondary N) is 2. The van der Waals surface area contributed by atoms with Crippen molar-refractivity contribution in [3.8, 4) is 17.2 Å². The lowest BCUT2D eigenvalue weighted by atomic mass is 9.81. The number of nitrogens with zero attached hydrogens (tertiary/aromatic N) is 4. The quantitative estimate of drug-likeness (QED) is 0.237. The van der Waals surface area contributed by atoms with Crippen LogP contribution in [0.4, 0.5) is 5.69 Å². The molecular weight excluding hydrogens is 568 g/mol. The molecule has 0 bridgehead atoms. The lowest BCUT2D eigenvalue weighted by molar-refractivity contribution is -0.107. The fraction of sp³-hybridized carbons (Fsp3) is 0.438. The lowest BCUT2D eigenvalue weighted by Crippen LogP contribution is -2.49. The van der Waals surface area contributed by atoms with E-state index in [0.29, 0.717) is 41.6 Å². The summed E-state index contributed by atoms with van der Waals surface area (Å²) in [7, 11) is 2.08. The number of halogens is 1. The summed E-state index contributed by atoms with van der Waals surface area (Å²) < 4.78 is 11.6. The maximum atomic E-state index is 10.5. The molecule has 0 radical (unpaired) electrons. The van der Waals surface area contributed by atoms with Crippen molar-refractivity contribution in [2.45, 2.75) is 38.5 Å². The molecule has 2 aliphatic rings. The van der Waals surface area contributed by atoms with Crippen molar-refractivity contribution in [3.05, 3.63) is 71.7 Å².